The van der Waals surface area contributed by atoms with Crippen molar-refractivity contribution in [3.05, 3.63) is 48.5 Å². The summed E-state index contributed by atoms with van der Waals surface area (Å²) in [7, 11) is 0. The molecule has 5 nitrogen and oxygen atoms in total. The van der Waals surface area contributed by atoms with E-state index in [4.69, 9.17) is 0 Å². The molecule has 0 bridgehead atoms. The number of aromatic nitrogens is 2. The summed E-state index contributed by atoms with van der Waals surface area (Å²) in [6.07, 6.45) is 3.38. The highest BCUT2D eigenvalue weighted by Gasteiger charge is 2.29. The fourth-order valence-electron chi connectivity index (χ4n) is 2.15. The molecule has 0 saturated carbocycles. The zero-order valence-corrected chi connectivity index (χ0v) is 9.91. The third-order valence-corrected chi connectivity index (χ3v) is 3.08. The first-order chi connectivity index (χ1) is 8.84. The van der Waals surface area contributed by atoms with Gasteiger partial charge in [-0.25, -0.2) is 9.78 Å². The average molecular weight is 242 g/mol. The van der Waals surface area contributed by atoms with Crippen molar-refractivity contribution in [2.75, 3.05) is 18.0 Å². The second-order valence-electron chi connectivity index (χ2n) is 4.27. The van der Waals surface area contributed by atoms with Crippen LogP contribution in [0.1, 0.15) is 5.69 Å². The van der Waals surface area contributed by atoms with E-state index in [2.05, 4.69) is 9.97 Å². The van der Waals surface area contributed by atoms with Gasteiger partial charge in [0.15, 0.2) is 0 Å². The van der Waals surface area contributed by atoms with Gasteiger partial charge in [-0.05, 0) is 12.1 Å². The van der Waals surface area contributed by atoms with E-state index in [1.165, 1.54) is 0 Å². The van der Waals surface area contributed by atoms with Crippen LogP contribution < -0.4 is 4.90 Å². The van der Waals surface area contributed by atoms with E-state index in [1.807, 2.05) is 35.2 Å². The fraction of sp³-hybridized carbons (Fsp3) is 0.231. The zero-order chi connectivity index (χ0) is 12.4. The molecular formula is C13H14N4O. The Hall–Kier alpha value is -2.30. The summed E-state index contributed by atoms with van der Waals surface area (Å²) in [5.41, 5.74) is 1.91. The minimum atomic E-state index is 0.0517. The number of nitrogens with zero attached hydrogens (tertiary/aromatic N) is 3. The van der Waals surface area contributed by atoms with Gasteiger partial charge in [0.05, 0.1) is 18.6 Å². The summed E-state index contributed by atoms with van der Waals surface area (Å²) in [4.78, 5) is 22.8. The predicted octanol–water partition coefficient (Wildman–Crippen LogP) is 1.85. The Balaban J connectivity index is 1.73. The number of carbonyl (C=O) groups is 1. The molecule has 1 saturated heterocycles. The number of anilines is 1. The largest absolute Gasteiger partial charge is 0.347 e. The molecule has 1 aromatic carbocycles. The number of urea groups is 1. The van der Waals surface area contributed by atoms with Gasteiger partial charge in [-0.2, -0.15) is 0 Å². The van der Waals surface area contributed by atoms with Gasteiger partial charge in [0.1, 0.15) is 0 Å². The minimum Gasteiger partial charge on any atom is -0.347 e. The molecule has 0 radical (unpaired) electrons. The molecule has 1 fully saturated rings. The highest BCUT2D eigenvalue weighted by Crippen LogP contribution is 2.20. The van der Waals surface area contributed by atoms with Crippen molar-refractivity contribution in [1.29, 1.82) is 0 Å². The van der Waals surface area contributed by atoms with Crippen LogP contribution in [0, 0.1) is 0 Å². The van der Waals surface area contributed by atoms with Crippen molar-refractivity contribution in [2.24, 2.45) is 0 Å². The van der Waals surface area contributed by atoms with Crippen LogP contribution in [0.3, 0.4) is 0 Å². The molecular weight excluding hydrogens is 228 g/mol. The maximum absolute atomic E-state index is 12.2. The molecule has 5 heteroatoms. The number of hydrogen-bond acceptors (Lipinski definition) is 2. The summed E-state index contributed by atoms with van der Waals surface area (Å²) >= 11 is 0. The second kappa shape index (κ2) is 4.52. The molecule has 1 N–H and O–H groups in total. The van der Waals surface area contributed by atoms with Crippen LogP contribution in [0.15, 0.2) is 42.9 Å². The number of carbonyl (C=O) groups excluding carboxylic acids is 1. The van der Waals surface area contributed by atoms with E-state index in [0.717, 1.165) is 24.5 Å². The summed E-state index contributed by atoms with van der Waals surface area (Å²) < 4.78 is 0. The molecule has 2 aromatic rings. The van der Waals surface area contributed by atoms with Crippen molar-refractivity contribution in [2.45, 2.75) is 6.54 Å². The third kappa shape index (κ3) is 1.95. The molecule has 0 aliphatic carbocycles. The predicted molar refractivity (Wildman–Crippen MR) is 68.2 cm³/mol. The van der Waals surface area contributed by atoms with Crippen LogP contribution in [-0.4, -0.2) is 34.0 Å². The number of para-hydroxylation sites is 1. The van der Waals surface area contributed by atoms with E-state index in [9.17, 15) is 4.79 Å². The lowest BCUT2D eigenvalue weighted by atomic mass is 10.3. The number of hydrogen-bond donors (Lipinski definition) is 1. The number of aromatic amines is 1. The molecule has 18 heavy (non-hydrogen) atoms. The van der Waals surface area contributed by atoms with Crippen LogP contribution in [-0.2, 0) is 6.54 Å². The van der Waals surface area contributed by atoms with Crippen LogP contribution in [0.5, 0.6) is 0 Å². The monoisotopic (exact) mass is 242 g/mol. The molecule has 0 unspecified atom stereocenters. The maximum Gasteiger partial charge on any atom is 0.324 e. The van der Waals surface area contributed by atoms with Crippen molar-refractivity contribution in [3.8, 4) is 0 Å². The molecule has 1 aliphatic heterocycles. The van der Waals surface area contributed by atoms with Crippen LogP contribution in [0.25, 0.3) is 0 Å². The number of imidazole rings is 1. The molecule has 0 spiro atoms. The quantitative estimate of drug-likeness (QED) is 0.893. The van der Waals surface area contributed by atoms with Gasteiger partial charge in [-0.3, -0.25) is 4.90 Å². The van der Waals surface area contributed by atoms with Gasteiger partial charge in [0.2, 0.25) is 0 Å². The van der Waals surface area contributed by atoms with Crippen molar-refractivity contribution < 1.29 is 4.79 Å². The van der Waals surface area contributed by atoms with E-state index in [1.54, 1.807) is 17.4 Å². The van der Waals surface area contributed by atoms with Crippen molar-refractivity contribution in [1.82, 2.24) is 14.9 Å². The Morgan fingerprint density at radius 3 is 2.78 bits per heavy atom. The first-order valence-electron chi connectivity index (χ1n) is 5.93. The summed E-state index contributed by atoms with van der Waals surface area (Å²) in [6, 6.07) is 9.80. The topological polar surface area (TPSA) is 52.2 Å². The standard InChI is InChI=1S/C13H14N4O/c18-13-16(9-11-8-14-10-15-11)6-7-17(13)12-4-2-1-3-5-12/h1-5,8,10H,6-7,9H2,(H,14,15). The molecule has 92 valence electrons. The normalized spacial score (nSPS) is 15.4. The zero-order valence-electron chi connectivity index (χ0n) is 9.91. The lowest BCUT2D eigenvalue weighted by Crippen LogP contribution is -2.31. The van der Waals surface area contributed by atoms with Crippen LogP contribution in [0.4, 0.5) is 10.5 Å². The smallest absolute Gasteiger partial charge is 0.324 e. The SMILES string of the molecule is O=C1N(Cc2cnc[nH]2)CCN1c1ccccc1. The van der Waals surface area contributed by atoms with Gasteiger partial charge >= 0.3 is 6.03 Å². The third-order valence-electron chi connectivity index (χ3n) is 3.08. The first-order valence-corrected chi connectivity index (χ1v) is 5.93. The maximum atomic E-state index is 12.2. The molecule has 1 aromatic heterocycles. The number of rotatable bonds is 3. The lowest BCUT2D eigenvalue weighted by molar-refractivity contribution is 0.218. The van der Waals surface area contributed by atoms with Gasteiger partial charge in [-0.15, -0.1) is 0 Å². The van der Waals surface area contributed by atoms with Crippen LogP contribution in [0.2, 0.25) is 0 Å². The molecule has 2 amide bonds. The Bertz CT molecular complexity index is 523. The van der Waals surface area contributed by atoms with Crippen LogP contribution >= 0.6 is 0 Å². The molecule has 1 aliphatic rings. The highest BCUT2D eigenvalue weighted by atomic mass is 16.2. The molecule has 2 heterocycles. The van der Waals surface area contributed by atoms with Gasteiger partial charge < -0.3 is 9.88 Å². The van der Waals surface area contributed by atoms with Gasteiger partial charge in [0, 0.05) is 25.0 Å². The number of benzene rings is 1. The molecule has 3 rings (SSSR count). The Kier molecular flexibility index (Phi) is 2.72. The van der Waals surface area contributed by atoms with Crippen molar-refractivity contribution in [3.63, 3.8) is 0 Å². The Morgan fingerprint density at radius 1 is 1.22 bits per heavy atom. The van der Waals surface area contributed by atoms with Crippen molar-refractivity contribution >= 4 is 11.7 Å². The van der Waals surface area contributed by atoms with Gasteiger partial charge in [0.25, 0.3) is 0 Å². The Morgan fingerprint density at radius 2 is 2.06 bits per heavy atom. The van der Waals surface area contributed by atoms with E-state index in [0.29, 0.717) is 6.54 Å². The lowest BCUT2D eigenvalue weighted by Gasteiger charge is -2.18. The first kappa shape index (κ1) is 10.8. The van der Waals surface area contributed by atoms with Gasteiger partial charge in [-0.1, -0.05) is 18.2 Å². The minimum absolute atomic E-state index is 0.0517. The Labute approximate surface area is 105 Å². The number of amides is 2. The van der Waals surface area contributed by atoms with E-state index >= 15 is 0 Å². The fourth-order valence-corrected chi connectivity index (χ4v) is 2.15. The number of nitrogens with one attached hydrogen (secondary N) is 1. The summed E-state index contributed by atoms with van der Waals surface area (Å²) in [5.74, 6) is 0. The molecule has 0 atom stereocenters. The van der Waals surface area contributed by atoms with E-state index in [-0.39, 0.29) is 6.03 Å². The second-order valence-corrected chi connectivity index (χ2v) is 4.27. The summed E-state index contributed by atoms with van der Waals surface area (Å²) in [5, 5.41) is 0. The van der Waals surface area contributed by atoms with E-state index < -0.39 is 0 Å². The number of H-pyrrole nitrogens is 1. The average Bonchev–Trinajstić information content (AvgIpc) is 3.03. The highest BCUT2D eigenvalue weighted by molar-refractivity contribution is 5.94. The summed E-state index contributed by atoms with van der Waals surface area (Å²) in [6.45, 7) is 2.06.